The van der Waals surface area contributed by atoms with Gasteiger partial charge in [0.05, 0.1) is 7.11 Å². The number of benzene rings is 3. The Labute approximate surface area is 184 Å². The summed E-state index contributed by atoms with van der Waals surface area (Å²) < 4.78 is 5.43. The standard InChI is InChI=1S/C27H28N2O2/c1-31-24-12-13-25-22(18-24)19-27(26(25)30,23-10-6-3-7-11-23)29-16-14-28(15-17-29)20-21-8-4-2-5-9-21/h2-13,18H,14-17,19-20H2,1H3. The van der Waals surface area contributed by atoms with Crippen molar-refractivity contribution in [3.63, 3.8) is 0 Å². The van der Waals surface area contributed by atoms with Gasteiger partial charge in [0.15, 0.2) is 5.78 Å². The second-order valence-corrected chi connectivity index (χ2v) is 8.50. The van der Waals surface area contributed by atoms with E-state index in [2.05, 4.69) is 52.3 Å². The van der Waals surface area contributed by atoms with Gasteiger partial charge >= 0.3 is 0 Å². The average Bonchev–Trinajstić information content (AvgIpc) is 3.13. The molecule has 0 spiro atoms. The molecule has 0 amide bonds. The highest BCUT2D eigenvalue weighted by atomic mass is 16.5. The fraction of sp³-hybridized carbons (Fsp3) is 0.296. The van der Waals surface area contributed by atoms with E-state index in [1.54, 1.807) is 7.11 Å². The molecule has 0 N–H and O–H groups in total. The minimum absolute atomic E-state index is 0.216. The minimum atomic E-state index is -0.630. The number of fused-ring (bicyclic) bond motifs is 1. The topological polar surface area (TPSA) is 32.8 Å². The maximum atomic E-state index is 13.9. The fourth-order valence-corrected chi connectivity index (χ4v) is 5.16. The van der Waals surface area contributed by atoms with Gasteiger partial charge in [-0.1, -0.05) is 60.7 Å². The number of hydrogen-bond acceptors (Lipinski definition) is 4. The summed E-state index contributed by atoms with van der Waals surface area (Å²) in [6.45, 7) is 4.61. The Kier molecular flexibility index (Phi) is 5.34. The molecule has 1 heterocycles. The highest BCUT2D eigenvalue weighted by molar-refractivity contribution is 6.08. The molecule has 1 aliphatic carbocycles. The maximum absolute atomic E-state index is 13.9. The van der Waals surface area contributed by atoms with Crippen LogP contribution in [0.4, 0.5) is 0 Å². The summed E-state index contributed by atoms with van der Waals surface area (Å²) in [5.74, 6) is 1.02. The largest absolute Gasteiger partial charge is 0.497 e. The molecule has 4 nitrogen and oxygen atoms in total. The van der Waals surface area contributed by atoms with Gasteiger partial charge in [-0.25, -0.2) is 0 Å². The summed E-state index contributed by atoms with van der Waals surface area (Å²) in [6.07, 6.45) is 0.696. The van der Waals surface area contributed by atoms with Crippen LogP contribution in [-0.2, 0) is 18.5 Å². The Bertz CT molecular complexity index is 1060. The van der Waals surface area contributed by atoms with Crippen LogP contribution in [0.2, 0.25) is 0 Å². The summed E-state index contributed by atoms with van der Waals surface area (Å²) >= 11 is 0. The molecular weight excluding hydrogens is 384 g/mol. The van der Waals surface area contributed by atoms with Crippen LogP contribution in [0, 0.1) is 0 Å². The lowest BCUT2D eigenvalue weighted by molar-refractivity contribution is 0.0288. The number of methoxy groups -OCH3 is 1. The van der Waals surface area contributed by atoms with Crippen LogP contribution >= 0.6 is 0 Å². The van der Waals surface area contributed by atoms with Crippen molar-refractivity contribution in [1.29, 1.82) is 0 Å². The molecule has 1 aliphatic heterocycles. The SMILES string of the molecule is COc1ccc2c(c1)CC(c1ccccc1)(N1CCN(Cc3ccccc3)CC1)C2=O. The van der Waals surface area contributed by atoms with E-state index < -0.39 is 5.54 Å². The number of rotatable bonds is 5. The molecular formula is C27H28N2O2. The van der Waals surface area contributed by atoms with Crippen molar-refractivity contribution in [3.05, 3.63) is 101 Å². The smallest absolute Gasteiger partial charge is 0.188 e. The molecule has 3 aromatic rings. The van der Waals surface area contributed by atoms with Gasteiger partial charge in [-0.05, 0) is 34.9 Å². The molecule has 0 aromatic heterocycles. The number of hydrogen-bond donors (Lipinski definition) is 0. The lowest BCUT2D eigenvalue weighted by atomic mass is 9.83. The zero-order valence-corrected chi connectivity index (χ0v) is 18.0. The summed E-state index contributed by atoms with van der Waals surface area (Å²) in [5, 5.41) is 0. The third-order valence-corrected chi connectivity index (χ3v) is 6.79. The molecule has 1 atom stereocenters. The lowest BCUT2D eigenvalue weighted by Crippen LogP contribution is -2.58. The number of piperazine rings is 1. The molecule has 1 saturated heterocycles. The Morgan fingerprint density at radius 3 is 2.23 bits per heavy atom. The van der Waals surface area contributed by atoms with Gasteiger partial charge in [0.1, 0.15) is 11.3 Å². The highest BCUT2D eigenvalue weighted by Gasteiger charge is 2.51. The predicted octanol–water partition coefficient (Wildman–Crippen LogP) is 4.15. The Morgan fingerprint density at radius 2 is 1.55 bits per heavy atom. The van der Waals surface area contributed by atoms with Gasteiger partial charge < -0.3 is 4.74 Å². The van der Waals surface area contributed by atoms with Crippen molar-refractivity contribution < 1.29 is 9.53 Å². The summed E-state index contributed by atoms with van der Waals surface area (Å²) in [7, 11) is 1.68. The van der Waals surface area contributed by atoms with Gasteiger partial charge in [-0.15, -0.1) is 0 Å². The fourth-order valence-electron chi connectivity index (χ4n) is 5.16. The van der Waals surface area contributed by atoms with E-state index in [-0.39, 0.29) is 5.78 Å². The molecule has 1 unspecified atom stereocenters. The van der Waals surface area contributed by atoms with Gasteiger partial charge in [0, 0.05) is 44.7 Å². The molecule has 2 aliphatic rings. The van der Waals surface area contributed by atoms with Crippen LogP contribution in [0.1, 0.15) is 27.0 Å². The van der Waals surface area contributed by atoms with Gasteiger partial charge in [-0.2, -0.15) is 0 Å². The van der Waals surface area contributed by atoms with E-state index in [4.69, 9.17) is 4.74 Å². The van der Waals surface area contributed by atoms with Crippen LogP contribution in [0.15, 0.2) is 78.9 Å². The third-order valence-electron chi connectivity index (χ3n) is 6.79. The normalized spacial score (nSPS) is 21.8. The first-order valence-corrected chi connectivity index (χ1v) is 11.0. The van der Waals surface area contributed by atoms with Crippen molar-refractivity contribution in [2.75, 3.05) is 33.3 Å². The Balaban J connectivity index is 1.43. The molecule has 1 fully saturated rings. The predicted molar refractivity (Wildman–Crippen MR) is 122 cm³/mol. The van der Waals surface area contributed by atoms with Gasteiger partial charge in [0.25, 0.3) is 0 Å². The Morgan fingerprint density at radius 1 is 0.871 bits per heavy atom. The first-order valence-electron chi connectivity index (χ1n) is 11.0. The van der Waals surface area contributed by atoms with Crippen molar-refractivity contribution in [2.24, 2.45) is 0 Å². The maximum Gasteiger partial charge on any atom is 0.188 e. The van der Waals surface area contributed by atoms with E-state index in [0.29, 0.717) is 6.42 Å². The van der Waals surface area contributed by atoms with E-state index in [1.807, 2.05) is 36.4 Å². The monoisotopic (exact) mass is 412 g/mol. The number of carbonyl (C=O) groups excluding carboxylic acids is 1. The highest BCUT2D eigenvalue weighted by Crippen LogP contribution is 2.43. The Hall–Kier alpha value is -2.95. The molecule has 4 heteroatoms. The number of ether oxygens (including phenoxy) is 1. The third kappa shape index (κ3) is 3.56. The first-order chi connectivity index (χ1) is 15.2. The molecule has 0 saturated carbocycles. The van der Waals surface area contributed by atoms with E-state index in [0.717, 1.165) is 55.2 Å². The molecule has 0 radical (unpaired) electrons. The number of nitrogens with zero attached hydrogens (tertiary/aromatic N) is 2. The van der Waals surface area contributed by atoms with E-state index in [9.17, 15) is 4.79 Å². The zero-order chi connectivity index (χ0) is 21.3. The van der Waals surface area contributed by atoms with E-state index >= 15 is 0 Å². The molecule has 0 bridgehead atoms. The van der Waals surface area contributed by atoms with Crippen LogP contribution in [0.25, 0.3) is 0 Å². The van der Waals surface area contributed by atoms with Gasteiger partial charge in [-0.3, -0.25) is 14.6 Å². The van der Waals surface area contributed by atoms with E-state index in [1.165, 1.54) is 5.56 Å². The van der Waals surface area contributed by atoms with Crippen LogP contribution in [0.5, 0.6) is 5.75 Å². The average molecular weight is 413 g/mol. The number of carbonyl (C=O) groups is 1. The second kappa shape index (κ2) is 8.29. The zero-order valence-electron chi connectivity index (χ0n) is 18.0. The second-order valence-electron chi connectivity index (χ2n) is 8.50. The molecule has 31 heavy (non-hydrogen) atoms. The molecule has 158 valence electrons. The van der Waals surface area contributed by atoms with Crippen molar-refractivity contribution in [1.82, 2.24) is 9.80 Å². The quantitative estimate of drug-likeness (QED) is 0.630. The number of Topliss-reactive ketones (excluding diaryl/α,β-unsaturated/α-hetero) is 1. The first kappa shape index (κ1) is 20.0. The summed E-state index contributed by atoms with van der Waals surface area (Å²) in [6, 6.07) is 26.8. The van der Waals surface area contributed by atoms with Crippen molar-refractivity contribution in [3.8, 4) is 5.75 Å². The minimum Gasteiger partial charge on any atom is -0.497 e. The summed E-state index contributed by atoms with van der Waals surface area (Å²) in [4.78, 5) is 18.8. The molecule has 5 rings (SSSR count). The van der Waals surface area contributed by atoms with Crippen LogP contribution in [0.3, 0.4) is 0 Å². The summed E-state index contributed by atoms with van der Waals surface area (Å²) in [5.41, 5.74) is 3.71. The van der Waals surface area contributed by atoms with Gasteiger partial charge in [0.2, 0.25) is 0 Å². The van der Waals surface area contributed by atoms with Crippen LogP contribution < -0.4 is 4.74 Å². The van der Waals surface area contributed by atoms with Crippen molar-refractivity contribution >= 4 is 5.78 Å². The van der Waals surface area contributed by atoms with Crippen molar-refractivity contribution in [2.45, 2.75) is 18.5 Å². The lowest BCUT2D eigenvalue weighted by Gasteiger charge is -2.45. The number of ketones is 1. The van der Waals surface area contributed by atoms with Crippen LogP contribution in [-0.4, -0.2) is 48.9 Å². The molecule has 3 aromatic carbocycles.